The normalized spacial score (nSPS) is 11.7. The molecule has 0 bridgehead atoms. The van der Waals surface area contributed by atoms with Gasteiger partial charge in [-0.3, -0.25) is 0 Å². The molecule has 0 aliphatic heterocycles. The maximum Gasteiger partial charge on any atom is 0.396 e. The Hall–Kier alpha value is -1.98. The van der Waals surface area contributed by atoms with E-state index in [0.717, 1.165) is 5.56 Å². The van der Waals surface area contributed by atoms with Gasteiger partial charge in [-0.15, -0.1) is 0 Å². The van der Waals surface area contributed by atoms with Crippen LogP contribution in [-0.4, -0.2) is 15.7 Å². The number of hydrogen-bond acceptors (Lipinski definition) is 2. The second kappa shape index (κ2) is 4.72. The first-order valence-electron chi connectivity index (χ1n) is 5.35. The predicted molar refractivity (Wildman–Crippen MR) is 61.9 cm³/mol. The van der Waals surface area contributed by atoms with Crippen LogP contribution in [0.4, 0.5) is 18.9 Å². The lowest BCUT2D eigenvalue weighted by Crippen LogP contribution is -2.16. The highest BCUT2D eigenvalue weighted by atomic mass is 19.4. The van der Waals surface area contributed by atoms with Crippen molar-refractivity contribution in [1.82, 2.24) is 9.55 Å². The van der Waals surface area contributed by atoms with Crippen molar-refractivity contribution in [3.05, 3.63) is 48.0 Å². The van der Waals surface area contributed by atoms with Crippen LogP contribution in [0.25, 0.3) is 0 Å². The fourth-order valence-corrected chi connectivity index (χ4v) is 1.72. The van der Waals surface area contributed by atoms with Crippen molar-refractivity contribution >= 4 is 5.69 Å². The van der Waals surface area contributed by atoms with Gasteiger partial charge in [0.05, 0.1) is 0 Å². The molecule has 0 spiro atoms. The van der Waals surface area contributed by atoms with E-state index in [2.05, 4.69) is 4.98 Å². The number of nitrogens with zero attached hydrogens (tertiary/aromatic N) is 2. The van der Waals surface area contributed by atoms with Gasteiger partial charge in [0.15, 0.2) is 0 Å². The molecule has 1 aromatic carbocycles. The first kappa shape index (κ1) is 12.5. The topological polar surface area (TPSA) is 43.8 Å². The van der Waals surface area contributed by atoms with Gasteiger partial charge >= 0.3 is 6.18 Å². The number of hydrogen-bond donors (Lipinski definition) is 1. The molecule has 96 valence electrons. The number of anilines is 1. The van der Waals surface area contributed by atoms with E-state index in [1.807, 2.05) is 6.07 Å². The lowest BCUT2D eigenvalue weighted by atomic mass is 10.2. The zero-order chi connectivity index (χ0) is 13.2. The van der Waals surface area contributed by atoms with Crippen molar-refractivity contribution in [3.63, 3.8) is 0 Å². The molecule has 0 saturated heterocycles. The van der Waals surface area contributed by atoms with Crippen LogP contribution in [0, 0.1) is 0 Å². The number of nitrogen functional groups attached to an aromatic ring is 1. The average Bonchev–Trinajstić information content (AvgIpc) is 2.63. The number of alkyl halides is 3. The maximum absolute atomic E-state index is 12.3. The SMILES string of the molecule is Nc1cccc(Cn2ccnc2CC(F)(F)F)c1. The Labute approximate surface area is 102 Å². The summed E-state index contributed by atoms with van der Waals surface area (Å²) in [6.45, 7) is 0.330. The van der Waals surface area contributed by atoms with Gasteiger partial charge in [-0.2, -0.15) is 13.2 Å². The lowest BCUT2D eigenvalue weighted by Gasteiger charge is -2.10. The minimum atomic E-state index is -4.25. The third-order valence-corrected chi connectivity index (χ3v) is 2.46. The van der Waals surface area contributed by atoms with Crippen molar-refractivity contribution in [2.45, 2.75) is 19.1 Å². The predicted octanol–water partition coefficient (Wildman–Crippen LogP) is 2.62. The quantitative estimate of drug-likeness (QED) is 0.857. The molecular weight excluding hydrogens is 243 g/mol. The van der Waals surface area contributed by atoms with Crippen LogP contribution in [0.1, 0.15) is 11.4 Å². The van der Waals surface area contributed by atoms with Gasteiger partial charge in [-0.25, -0.2) is 4.98 Å². The molecule has 0 unspecified atom stereocenters. The van der Waals surface area contributed by atoms with Crippen molar-refractivity contribution in [1.29, 1.82) is 0 Å². The summed E-state index contributed by atoms with van der Waals surface area (Å²) < 4.78 is 38.5. The number of benzene rings is 1. The minimum Gasteiger partial charge on any atom is -0.399 e. The molecule has 0 aliphatic rings. The molecule has 0 amide bonds. The van der Waals surface area contributed by atoms with Crippen LogP contribution >= 0.6 is 0 Å². The Bertz CT molecular complexity index is 531. The van der Waals surface area contributed by atoms with Crippen molar-refractivity contribution in [3.8, 4) is 0 Å². The van der Waals surface area contributed by atoms with Crippen molar-refractivity contribution in [2.24, 2.45) is 0 Å². The lowest BCUT2D eigenvalue weighted by molar-refractivity contribution is -0.128. The van der Waals surface area contributed by atoms with Crippen molar-refractivity contribution in [2.75, 3.05) is 5.73 Å². The molecule has 1 aromatic heterocycles. The van der Waals surface area contributed by atoms with Gasteiger partial charge < -0.3 is 10.3 Å². The maximum atomic E-state index is 12.3. The fourth-order valence-electron chi connectivity index (χ4n) is 1.72. The summed E-state index contributed by atoms with van der Waals surface area (Å²) in [7, 11) is 0. The van der Waals surface area contributed by atoms with Gasteiger partial charge in [-0.1, -0.05) is 12.1 Å². The summed E-state index contributed by atoms with van der Waals surface area (Å²) in [6.07, 6.45) is -2.38. The van der Waals surface area contributed by atoms with E-state index in [1.165, 1.54) is 17.0 Å². The highest BCUT2D eigenvalue weighted by Gasteiger charge is 2.29. The monoisotopic (exact) mass is 255 g/mol. The Kier molecular flexibility index (Phi) is 3.27. The standard InChI is InChI=1S/C12H12F3N3/c13-12(14,15)7-11-17-4-5-18(11)8-9-2-1-3-10(16)6-9/h1-6H,7-8,16H2. The Morgan fingerprint density at radius 3 is 2.72 bits per heavy atom. The van der Waals surface area contributed by atoms with Gasteiger partial charge in [0.25, 0.3) is 0 Å². The van der Waals surface area contributed by atoms with E-state index in [9.17, 15) is 13.2 Å². The summed E-state index contributed by atoms with van der Waals surface area (Å²) in [5.41, 5.74) is 7.05. The third-order valence-electron chi connectivity index (χ3n) is 2.46. The molecule has 0 saturated carbocycles. The van der Waals surface area contributed by atoms with Crippen LogP contribution in [0.2, 0.25) is 0 Å². The van der Waals surface area contributed by atoms with E-state index in [4.69, 9.17) is 5.73 Å². The molecule has 18 heavy (non-hydrogen) atoms. The molecule has 0 radical (unpaired) electrons. The first-order chi connectivity index (χ1) is 8.44. The second-order valence-electron chi connectivity index (χ2n) is 4.01. The summed E-state index contributed by atoms with van der Waals surface area (Å²) in [6, 6.07) is 7.05. The Morgan fingerprint density at radius 1 is 1.28 bits per heavy atom. The zero-order valence-corrected chi connectivity index (χ0v) is 9.48. The van der Waals surface area contributed by atoms with Gasteiger partial charge in [0.1, 0.15) is 12.2 Å². The summed E-state index contributed by atoms with van der Waals surface area (Å²) in [5, 5.41) is 0. The van der Waals surface area contributed by atoms with Crippen LogP contribution in [0.15, 0.2) is 36.7 Å². The largest absolute Gasteiger partial charge is 0.399 e. The highest BCUT2D eigenvalue weighted by Crippen LogP contribution is 2.21. The summed E-state index contributed by atoms with van der Waals surface area (Å²) in [5.74, 6) is 0.00456. The molecule has 0 atom stereocenters. The van der Waals surface area contributed by atoms with Crippen LogP contribution < -0.4 is 5.73 Å². The van der Waals surface area contributed by atoms with E-state index in [1.54, 1.807) is 18.2 Å². The van der Waals surface area contributed by atoms with Gasteiger partial charge in [-0.05, 0) is 17.7 Å². The molecular formula is C12H12F3N3. The van der Waals surface area contributed by atoms with E-state index in [0.29, 0.717) is 12.2 Å². The van der Waals surface area contributed by atoms with E-state index >= 15 is 0 Å². The molecule has 1 heterocycles. The third kappa shape index (κ3) is 3.26. The minimum absolute atomic E-state index is 0.00456. The smallest absolute Gasteiger partial charge is 0.396 e. The molecule has 2 N–H and O–H groups in total. The molecule has 2 aromatic rings. The molecule has 2 rings (SSSR count). The molecule has 3 nitrogen and oxygen atoms in total. The Balaban J connectivity index is 2.17. The van der Waals surface area contributed by atoms with Crippen LogP contribution in [0.3, 0.4) is 0 Å². The average molecular weight is 255 g/mol. The Morgan fingerprint density at radius 2 is 2.06 bits per heavy atom. The summed E-state index contributed by atoms with van der Waals surface area (Å²) in [4.78, 5) is 3.73. The van der Waals surface area contributed by atoms with Crippen molar-refractivity contribution < 1.29 is 13.2 Å². The molecule has 0 aliphatic carbocycles. The van der Waals surface area contributed by atoms with E-state index in [-0.39, 0.29) is 5.82 Å². The number of imidazole rings is 1. The van der Waals surface area contributed by atoms with Crippen LogP contribution in [0.5, 0.6) is 0 Å². The number of aromatic nitrogens is 2. The van der Waals surface area contributed by atoms with Gasteiger partial charge in [0, 0.05) is 24.6 Å². The summed E-state index contributed by atoms with van der Waals surface area (Å²) >= 11 is 0. The first-order valence-corrected chi connectivity index (χ1v) is 5.35. The van der Waals surface area contributed by atoms with E-state index < -0.39 is 12.6 Å². The molecule has 0 fully saturated rings. The molecule has 6 heteroatoms. The number of halogens is 3. The van der Waals surface area contributed by atoms with Crippen LogP contribution in [-0.2, 0) is 13.0 Å². The highest BCUT2D eigenvalue weighted by molar-refractivity contribution is 5.40. The number of nitrogens with two attached hydrogens (primary N) is 1. The second-order valence-corrected chi connectivity index (χ2v) is 4.01. The zero-order valence-electron chi connectivity index (χ0n) is 9.48. The van der Waals surface area contributed by atoms with Gasteiger partial charge in [0.2, 0.25) is 0 Å². The fraction of sp³-hybridized carbons (Fsp3) is 0.250. The number of rotatable bonds is 3.